The summed E-state index contributed by atoms with van der Waals surface area (Å²) in [6.45, 7) is 1.70. The minimum atomic E-state index is -0.290. The SMILES string of the molecule is Cc1cnc(C(=O)NC23CCC(NC(=O)COc4ccc(Cl)c(Cl)c4)(C2)C3)cn1. The van der Waals surface area contributed by atoms with E-state index in [1.54, 1.807) is 24.4 Å². The van der Waals surface area contributed by atoms with Crippen LogP contribution in [0.2, 0.25) is 10.0 Å². The lowest BCUT2D eigenvalue weighted by Crippen LogP contribution is -2.65. The van der Waals surface area contributed by atoms with E-state index in [1.165, 1.54) is 6.20 Å². The number of nitrogens with zero attached hydrogens (tertiary/aromatic N) is 2. The molecular weight excluding hydrogens is 415 g/mol. The van der Waals surface area contributed by atoms with Crippen molar-refractivity contribution in [1.29, 1.82) is 0 Å². The van der Waals surface area contributed by atoms with Crippen molar-refractivity contribution in [1.82, 2.24) is 20.6 Å². The van der Waals surface area contributed by atoms with Gasteiger partial charge in [0.2, 0.25) is 0 Å². The van der Waals surface area contributed by atoms with Crippen LogP contribution in [0.3, 0.4) is 0 Å². The fourth-order valence-electron chi connectivity index (χ4n) is 4.24. The number of benzene rings is 1. The van der Waals surface area contributed by atoms with Gasteiger partial charge in [0.25, 0.3) is 11.8 Å². The quantitative estimate of drug-likeness (QED) is 0.728. The predicted octanol–water partition coefficient (Wildman–Crippen LogP) is 3.08. The fourth-order valence-corrected chi connectivity index (χ4v) is 4.53. The molecule has 7 nitrogen and oxygen atoms in total. The summed E-state index contributed by atoms with van der Waals surface area (Å²) < 4.78 is 5.49. The van der Waals surface area contributed by atoms with Gasteiger partial charge < -0.3 is 15.4 Å². The summed E-state index contributed by atoms with van der Waals surface area (Å²) in [5.41, 5.74) is 0.480. The number of nitrogens with one attached hydrogen (secondary N) is 2. The zero-order valence-corrected chi connectivity index (χ0v) is 17.3. The van der Waals surface area contributed by atoms with Crippen LogP contribution in [0, 0.1) is 6.92 Å². The second-order valence-corrected chi connectivity index (χ2v) is 8.64. The van der Waals surface area contributed by atoms with Crippen LogP contribution >= 0.6 is 23.2 Å². The highest BCUT2D eigenvalue weighted by atomic mass is 35.5. The molecule has 0 saturated heterocycles. The van der Waals surface area contributed by atoms with Gasteiger partial charge in [-0.25, -0.2) is 4.98 Å². The van der Waals surface area contributed by atoms with Crippen LogP contribution in [0.5, 0.6) is 5.75 Å². The van der Waals surface area contributed by atoms with Crippen LogP contribution in [0.15, 0.2) is 30.6 Å². The number of hydrogen-bond donors (Lipinski definition) is 2. The van der Waals surface area contributed by atoms with Gasteiger partial charge in [-0.1, -0.05) is 23.2 Å². The average Bonchev–Trinajstić information content (AvgIpc) is 3.18. The summed E-state index contributed by atoms with van der Waals surface area (Å²) in [5.74, 6) is 0.0393. The van der Waals surface area contributed by atoms with E-state index in [9.17, 15) is 9.59 Å². The molecule has 2 bridgehead atoms. The fraction of sp³-hybridized carbons (Fsp3) is 0.400. The Kier molecular flexibility index (Phi) is 5.12. The molecule has 5 rings (SSSR count). The third kappa shape index (κ3) is 4.16. The molecule has 0 aliphatic heterocycles. The van der Waals surface area contributed by atoms with Crippen molar-refractivity contribution in [2.45, 2.75) is 43.7 Å². The number of rotatable bonds is 6. The van der Waals surface area contributed by atoms with Crippen molar-refractivity contribution in [2.75, 3.05) is 6.61 Å². The molecule has 3 aliphatic carbocycles. The van der Waals surface area contributed by atoms with Gasteiger partial charge in [-0.3, -0.25) is 14.6 Å². The van der Waals surface area contributed by atoms with Crippen LogP contribution < -0.4 is 15.4 Å². The summed E-state index contributed by atoms with van der Waals surface area (Å²) >= 11 is 11.8. The van der Waals surface area contributed by atoms with E-state index in [2.05, 4.69) is 20.6 Å². The molecule has 152 valence electrons. The molecule has 29 heavy (non-hydrogen) atoms. The largest absolute Gasteiger partial charge is 0.484 e. The second kappa shape index (κ2) is 7.46. The van der Waals surface area contributed by atoms with Gasteiger partial charge in [0.15, 0.2) is 6.61 Å². The number of ether oxygens (including phenoxy) is 1. The van der Waals surface area contributed by atoms with E-state index in [1.807, 2.05) is 6.92 Å². The van der Waals surface area contributed by atoms with Crippen LogP contribution in [0.4, 0.5) is 0 Å². The maximum Gasteiger partial charge on any atom is 0.271 e. The number of fused-ring (bicyclic) bond motifs is 1. The van der Waals surface area contributed by atoms with Gasteiger partial charge >= 0.3 is 0 Å². The van der Waals surface area contributed by atoms with Gasteiger partial charge in [-0.2, -0.15) is 0 Å². The Balaban J connectivity index is 1.28. The first-order valence-electron chi connectivity index (χ1n) is 9.28. The average molecular weight is 435 g/mol. The predicted molar refractivity (Wildman–Crippen MR) is 108 cm³/mol. The molecule has 0 atom stereocenters. The van der Waals surface area contributed by atoms with Crippen LogP contribution in [-0.4, -0.2) is 39.5 Å². The number of carbonyl (C=O) groups is 2. The maximum absolute atomic E-state index is 12.4. The second-order valence-electron chi connectivity index (χ2n) is 7.82. The minimum absolute atomic E-state index is 0.113. The molecule has 3 saturated carbocycles. The molecule has 2 amide bonds. The van der Waals surface area contributed by atoms with Crippen LogP contribution in [0.25, 0.3) is 0 Å². The molecule has 0 radical (unpaired) electrons. The standard InChI is InChI=1S/C20H20Cl2N4O3/c1-12-7-24-16(8-23-12)18(28)26-20-5-4-19(10-20,11-20)25-17(27)9-29-13-2-3-14(21)15(22)6-13/h2-3,6-8H,4-5,9-11H2,1H3,(H,25,27)(H,26,28). The van der Waals surface area contributed by atoms with Crippen molar-refractivity contribution in [3.63, 3.8) is 0 Å². The first-order valence-corrected chi connectivity index (χ1v) is 10.0. The van der Waals surface area contributed by atoms with E-state index in [-0.39, 0.29) is 29.5 Å². The smallest absolute Gasteiger partial charge is 0.271 e. The van der Waals surface area contributed by atoms with Crippen molar-refractivity contribution < 1.29 is 14.3 Å². The van der Waals surface area contributed by atoms with Gasteiger partial charge in [0.05, 0.1) is 21.9 Å². The lowest BCUT2D eigenvalue weighted by molar-refractivity contribution is -0.126. The van der Waals surface area contributed by atoms with E-state index < -0.39 is 0 Å². The van der Waals surface area contributed by atoms with E-state index in [4.69, 9.17) is 27.9 Å². The Morgan fingerprint density at radius 1 is 1.07 bits per heavy atom. The van der Waals surface area contributed by atoms with Gasteiger partial charge in [0, 0.05) is 23.3 Å². The van der Waals surface area contributed by atoms with Crippen molar-refractivity contribution in [2.24, 2.45) is 0 Å². The normalized spacial score (nSPS) is 24.5. The topological polar surface area (TPSA) is 93.2 Å². The summed E-state index contributed by atoms with van der Waals surface area (Å²) in [5, 5.41) is 6.93. The lowest BCUT2D eigenvalue weighted by atomic mass is 9.71. The highest BCUT2D eigenvalue weighted by molar-refractivity contribution is 6.42. The molecule has 9 heteroatoms. The summed E-state index contributed by atoms with van der Waals surface area (Å²) in [6.07, 6.45) is 6.06. The van der Waals surface area contributed by atoms with Crippen molar-refractivity contribution >= 4 is 35.0 Å². The Bertz CT molecular complexity index is 959. The third-order valence-corrected chi connectivity index (χ3v) is 6.23. The monoisotopic (exact) mass is 434 g/mol. The summed E-state index contributed by atoms with van der Waals surface area (Å²) in [7, 11) is 0. The van der Waals surface area contributed by atoms with E-state index in [0.29, 0.717) is 34.3 Å². The molecule has 1 aromatic carbocycles. The highest BCUT2D eigenvalue weighted by Crippen LogP contribution is 2.55. The first-order chi connectivity index (χ1) is 13.8. The van der Waals surface area contributed by atoms with Crippen molar-refractivity contribution in [3.8, 4) is 5.75 Å². The maximum atomic E-state index is 12.4. The molecule has 0 unspecified atom stereocenters. The first kappa shape index (κ1) is 19.9. The molecule has 2 N–H and O–H groups in total. The number of halogens is 2. The number of aryl methyl sites for hydroxylation is 1. The molecule has 3 fully saturated rings. The van der Waals surface area contributed by atoms with E-state index in [0.717, 1.165) is 18.5 Å². The van der Waals surface area contributed by atoms with E-state index >= 15 is 0 Å². The molecule has 2 aromatic rings. The third-order valence-electron chi connectivity index (χ3n) is 5.49. The molecule has 3 aliphatic rings. The molecular formula is C20H20Cl2N4O3. The summed E-state index contributed by atoms with van der Waals surface area (Å²) in [4.78, 5) is 33.0. The Hall–Kier alpha value is -2.38. The molecule has 1 aromatic heterocycles. The van der Waals surface area contributed by atoms with Gasteiger partial charge in [0.1, 0.15) is 11.4 Å². The highest BCUT2D eigenvalue weighted by Gasteiger charge is 2.62. The number of carbonyl (C=O) groups excluding carboxylic acids is 2. The Morgan fingerprint density at radius 3 is 2.45 bits per heavy atom. The lowest BCUT2D eigenvalue weighted by Gasteiger charge is -2.48. The Morgan fingerprint density at radius 2 is 1.79 bits per heavy atom. The Labute approximate surface area is 178 Å². The minimum Gasteiger partial charge on any atom is -0.484 e. The summed E-state index contributed by atoms with van der Waals surface area (Å²) in [6, 6.07) is 4.85. The number of amides is 2. The van der Waals surface area contributed by atoms with Crippen LogP contribution in [0.1, 0.15) is 41.9 Å². The number of hydrogen-bond acceptors (Lipinski definition) is 5. The molecule has 0 spiro atoms. The molecule has 1 heterocycles. The van der Waals surface area contributed by atoms with Crippen molar-refractivity contribution in [3.05, 3.63) is 52.0 Å². The van der Waals surface area contributed by atoms with Gasteiger partial charge in [-0.05, 0) is 44.7 Å². The zero-order chi connectivity index (χ0) is 20.6. The number of aromatic nitrogens is 2. The zero-order valence-electron chi connectivity index (χ0n) is 15.8. The van der Waals surface area contributed by atoms with Gasteiger partial charge in [-0.15, -0.1) is 0 Å². The van der Waals surface area contributed by atoms with Crippen LogP contribution in [-0.2, 0) is 4.79 Å².